The van der Waals surface area contributed by atoms with Gasteiger partial charge in [0.05, 0.1) is 5.70 Å². The van der Waals surface area contributed by atoms with Crippen molar-refractivity contribution >= 4 is 0 Å². The van der Waals surface area contributed by atoms with Crippen LogP contribution in [0.25, 0.3) is 0 Å². The van der Waals surface area contributed by atoms with Crippen molar-refractivity contribution in [2.24, 2.45) is 5.84 Å². The smallest absolute Gasteiger partial charge is 0.0724 e. The normalized spacial score (nSPS) is 19.3. The molecule has 1 aliphatic heterocycles. The molecule has 1 heterocycles. The van der Waals surface area contributed by atoms with Crippen molar-refractivity contribution in [1.82, 2.24) is 10.3 Å². The Morgan fingerprint density at radius 1 is 1.50 bits per heavy atom. The first-order valence-corrected chi connectivity index (χ1v) is 4.05. The van der Waals surface area contributed by atoms with Crippen LogP contribution in [0.2, 0.25) is 0 Å². The van der Waals surface area contributed by atoms with E-state index >= 15 is 0 Å². The molecule has 0 aromatic carbocycles. The minimum Gasteiger partial charge on any atom is -0.387 e. The molecule has 0 fully saturated rings. The van der Waals surface area contributed by atoms with Gasteiger partial charge in [-0.3, -0.25) is 5.01 Å². The van der Waals surface area contributed by atoms with Crippen LogP contribution in [-0.4, -0.2) is 11.1 Å². The molecule has 1 aliphatic rings. The maximum absolute atomic E-state index is 5.65. The summed E-state index contributed by atoms with van der Waals surface area (Å²) in [5, 5.41) is 4.76. The maximum Gasteiger partial charge on any atom is 0.0724 e. The molecule has 3 heteroatoms. The summed E-state index contributed by atoms with van der Waals surface area (Å²) in [6, 6.07) is 0.435. The number of nitrogens with zero attached hydrogens (tertiary/aromatic N) is 1. The zero-order valence-electron chi connectivity index (χ0n) is 7.49. The first kappa shape index (κ1) is 8.87. The lowest BCUT2D eigenvalue weighted by Crippen LogP contribution is -2.27. The van der Waals surface area contributed by atoms with Gasteiger partial charge in [0.25, 0.3) is 0 Å². The third-order valence-electron chi connectivity index (χ3n) is 1.49. The highest BCUT2D eigenvalue weighted by molar-refractivity contribution is 5.26. The molecule has 0 spiro atoms. The molecule has 0 atom stereocenters. The Balaban J connectivity index is 2.56. The van der Waals surface area contributed by atoms with Crippen molar-refractivity contribution in [3.63, 3.8) is 0 Å². The highest BCUT2D eigenvalue weighted by atomic mass is 15.4. The van der Waals surface area contributed by atoms with E-state index in [0.29, 0.717) is 6.04 Å². The van der Waals surface area contributed by atoms with Crippen LogP contribution in [0.3, 0.4) is 0 Å². The van der Waals surface area contributed by atoms with E-state index < -0.39 is 0 Å². The molecule has 66 valence electrons. The third kappa shape index (κ3) is 2.43. The Morgan fingerprint density at radius 3 is 2.83 bits per heavy atom. The molecule has 0 aromatic rings. The van der Waals surface area contributed by atoms with Gasteiger partial charge in [-0.15, -0.1) is 0 Å². The third-order valence-corrected chi connectivity index (χ3v) is 1.49. The zero-order valence-corrected chi connectivity index (χ0v) is 7.49. The Kier molecular flexibility index (Phi) is 2.94. The van der Waals surface area contributed by atoms with Gasteiger partial charge in [0.1, 0.15) is 0 Å². The molecular weight excluding hydrogens is 150 g/mol. The molecule has 0 saturated carbocycles. The lowest BCUT2D eigenvalue weighted by atomic mass is 10.3. The summed E-state index contributed by atoms with van der Waals surface area (Å²) in [6.45, 7) is 4.17. The average molecular weight is 165 g/mol. The first-order valence-electron chi connectivity index (χ1n) is 4.05. The zero-order chi connectivity index (χ0) is 8.97. The summed E-state index contributed by atoms with van der Waals surface area (Å²) in [4.78, 5) is 0. The predicted octanol–water partition coefficient (Wildman–Crippen LogP) is 1.08. The number of nitrogens with one attached hydrogen (secondary N) is 1. The number of hydrazine groups is 1. The second-order valence-corrected chi connectivity index (χ2v) is 3.00. The molecule has 0 amide bonds. The fraction of sp³-hybridized carbons (Fsp3) is 0.333. The fourth-order valence-electron chi connectivity index (χ4n) is 0.843. The average Bonchev–Trinajstić information content (AvgIpc) is 2.03. The second-order valence-electron chi connectivity index (χ2n) is 3.00. The van der Waals surface area contributed by atoms with E-state index in [2.05, 4.69) is 19.2 Å². The Morgan fingerprint density at radius 2 is 2.25 bits per heavy atom. The molecular formula is C9H15N3. The predicted molar refractivity (Wildman–Crippen MR) is 50.7 cm³/mol. The molecule has 0 aliphatic carbocycles. The molecule has 3 N–H and O–H groups in total. The van der Waals surface area contributed by atoms with Gasteiger partial charge in [0, 0.05) is 18.4 Å². The van der Waals surface area contributed by atoms with E-state index in [9.17, 15) is 0 Å². The van der Waals surface area contributed by atoms with Crippen molar-refractivity contribution in [2.75, 3.05) is 0 Å². The van der Waals surface area contributed by atoms with Crippen molar-refractivity contribution in [3.05, 3.63) is 36.3 Å². The maximum atomic E-state index is 5.65. The first-order chi connectivity index (χ1) is 5.70. The summed E-state index contributed by atoms with van der Waals surface area (Å²) < 4.78 is 0. The van der Waals surface area contributed by atoms with Gasteiger partial charge in [0.15, 0.2) is 0 Å². The molecule has 0 radical (unpaired) electrons. The van der Waals surface area contributed by atoms with Crippen LogP contribution in [0.5, 0.6) is 0 Å². The highest BCUT2D eigenvalue weighted by Crippen LogP contribution is 2.05. The summed E-state index contributed by atoms with van der Waals surface area (Å²) in [5.74, 6) is 5.65. The minimum absolute atomic E-state index is 0.435. The molecule has 0 aromatic heterocycles. The fourth-order valence-corrected chi connectivity index (χ4v) is 0.843. The van der Waals surface area contributed by atoms with Gasteiger partial charge in [-0.1, -0.05) is 6.08 Å². The molecule has 0 saturated heterocycles. The van der Waals surface area contributed by atoms with Crippen LogP contribution in [0.1, 0.15) is 13.8 Å². The minimum atomic E-state index is 0.435. The van der Waals surface area contributed by atoms with E-state index in [1.54, 1.807) is 5.01 Å². The molecule has 3 nitrogen and oxygen atoms in total. The van der Waals surface area contributed by atoms with E-state index in [0.717, 1.165) is 5.70 Å². The second kappa shape index (κ2) is 3.97. The van der Waals surface area contributed by atoms with Crippen LogP contribution in [0.15, 0.2) is 36.3 Å². The van der Waals surface area contributed by atoms with Crippen LogP contribution in [0, 0.1) is 0 Å². The Bertz CT molecular complexity index is 226. The van der Waals surface area contributed by atoms with Gasteiger partial charge in [-0.25, -0.2) is 5.84 Å². The highest BCUT2D eigenvalue weighted by Gasteiger charge is 2.00. The standard InChI is InChI=1S/C9H15N3/c1-8(2)11-7-9-5-3-4-6-12(9)10/h3-8,11H,10H2,1-2H3/b9-7-. The van der Waals surface area contributed by atoms with Crippen molar-refractivity contribution < 1.29 is 0 Å². The lowest BCUT2D eigenvalue weighted by Gasteiger charge is -2.18. The summed E-state index contributed by atoms with van der Waals surface area (Å²) in [5.41, 5.74) is 0.964. The number of nitrogens with two attached hydrogens (primary N) is 1. The number of hydrogen-bond acceptors (Lipinski definition) is 3. The van der Waals surface area contributed by atoms with Crippen LogP contribution >= 0.6 is 0 Å². The van der Waals surface area contributed by atoms with Crippen LogP contribution in [0.4, 0.5) is 0 Å². The summed E-state index contributed by atoms with van der Waals surface area (Å²) in [7, 11) is 0. The number of rotatable bonds is 2. The van der Waals surface area contributed by atoms with Gasteiger partial charge in [0.2, 0.25) is 0 Å². The summed E-state index contributed by atoms with van der Waals surface area (Å²) in [6.07, 6.45) is 9.53. The molecule has 0 unspecified atom stereocenters. The van der Waals surface area contributed by atoms with Gasteiger partial charge in [-0.05, 0) is 26.0 Å². The van der Waals surface area contributed by atoms with Crippen LogP contribution < -0.4 is 11.2 Å². The largest absolute Gasteiger partial charge is 0.387 e. The van der Waals surface area contributed by atoms with Crippen molar-refractivity contribution in [3.8, 4) is 0 Å². The molecule has 0 bridgehead atoms. The molecule has 12 heavy (non-hydrogen) atoms. The monoisotopic (exact) mass is 165 g/mol. The van der Waals surface area contributed by atoms with E-state index in [1.807, 2.05) is 30.6 Å². The van der Waals surface area contributed by atoms with Crippen molar-refractivity contribution in [1.29, 1.82) is 0 Å². The topological polar surface area (TPSA) is 41.3 Å². The van der Waals surface area contributed by atoms with E-state index in [-0.39, 0.29) is 0 Å². The lowest BCUT2D eigenvalue weighted by molar-refractivity contribution is 0.497. The summed E-state index contributed by atoms with van der Waals surface area (Å²) >= 11 is 0. The quantitative estimate of drug-likeness (QED) is 0.602. The van der Waals surface area contributed by atoms with Gasteiger partial charge in [-0.2, -0.15) is 0 Å². The molecule has 1 rings (SSSR count). The van der Waals surface area contributed by atoms with E-state index in [4.69, 9.17) is 5.84 Å². The SMILES string of the molecule is CC(C)N/C=C1/C=CC=CN1N. The number of hydrogen-bond donors (Lipinski definition) is 2. The van der Waals surface area contributed by atoms with Crippen molar-refractivity contribution in [2.45, 2.75) is 19.9 Å². The van der Waals surface area contributed by atoms with Crippen LogP contribution in [-0.2, 0) is 0 Å². The Hall–Kier alpha value is -1.22. The number of allylic oxidation sites excluding steroid dienone is 3. The van der Waals surface area contributed by atoms with E-state index in [1.165, 1.54) is 0 Å². The van der Waals surface area contributed by atoms with Gasteiger partial charge < -0.3 is 5.32 Å². The van der Waals surface area contributed by atoms with Gasteiger partial charge >= 0.3 is 0 Å². The Labute approximate surface area is 73.2 Å².